The Morgan fingerprint density at radius 3 is 2.45 bits per heavy atom. The van der Waals surface area contributed by atoms with Crippen LogP contribution in [0, 0.1) is 13.8 Å². The summed E-state index contributed by atoms with van der Waals surface area (Å²) in [5.41, 5.74) is 3.53. The summed E-state index contributed by atoms with van der Waals surface area (Å²) in [5, 5.41) is 16.1. The van der Waals surface area contributed by atoms with Crippen molar-refractivity contribution >= 4 is 33.6 Å². The lowest BCUT2D eigenvalue weighted by molar-refractivity contribution is 0.211. The minimum Gasteiger partial charge on any atom is -0.492 e. The minimum atomic E-state index is -0.0454. The number of piperazine rings is 1. The molecule has 1 aliphatic heterocycles. The lowest BCUT2D eigenvalue weighted by Crippen LogP contribution is -2.47. The summed E-state index contributed by atoms with van der Waals surface area (Å²) in [6.45, 7) is 7.46. The summed E-state index contributed by atoms with van der Waals surface area (Å²) in [6.07, 6.45) is 0. The standard InChI is InChI=1S/C23H24ClN5OS/c1-15-6-8-17(9-7-15)20(21-22(30)29-23(31-21)25-16(2)26-29)28-12-10-27(11-13-28)19-5-3-4-18(24)14-19/h3-9,14,20,30H,10-13H2,1-2H3/t20-/m0/s1. The van der Waals surface area contributed by atoms with Gasteiger partial charge < -0.3 is 10.0 Å². The van der Waals surface area contributed by atoms with Crippen molar-refractivity contribution in [3.63, 3.8) is 0 Å². The van der Waals surface area contributed by atoms with Crippen LogP contribution in [0.1, 0.15) is 27.9 Å². The quantitative estimate of drug-likeness (QED) is 0.486. The number of thiazole rings is 1. The third-order valence-corrected chi connectivity index (χ3v) is 7.11. The first kappa shape index (κ1) is 20.3. The highest BCUT2D eigenvalue weighted by Crippen LogP contribution is 2.40. The Bertz CT molecular complexity index is 1210. The highest BCUT2D eigenvalue weighted by Gasteiger charge is 2.31. The zero-order valence-electron chi connectivity index (χ0n) is 17.5. The summed E-state index contributed by atoms with van der Waals surface area (Å²) in [5.74, 6) is 0.846. The van der Waals surface area contributed by atoms with Crippen molar-refractivity contribution in [3.05, 3.63) is 75.4 Å². The number of nitrogens with zero attached hydrogens (tertiary/aromatic N) is 5. The van der Waals surface area contributed by atoms with Crippen LogP contribution in [0.3, 0.4) is 0 Å². The molecule has 0 unspecified atom stereocenters. The first-order chi connectivity index (χ1) is 15.0. The zero-order chi connectivity index (χ0) is 21.5. The second kappa shape index (κ2) is 8.15. The molecule has 1 saturated heterocycles. The topological polar surface area (TPSA) is 56.9 Å². The van der Waals surface area contributed by atoms with E-state index in [4.69, 9.17) is 11.6 Å². The number of hydrogen-bond acceptors (Lipinski definition) is 6. The third-order valence-electron chi connectivity index (χ3n) is 5.80. The molecule has 160 valence electrons. The van der Waals surface area contributed by atoms with Gasteiger partial charge in [-0.25, -0.2) is 4.98 Å². The molecule has 3 heterocycles. The molecule has 2 aromatic heterocycles. The summed E-state index contributed by atoms with van der Waals surface area (Å²) >= 11 is 7.71. The number of rotatable bonds is 4. The number of halogens is 1. The maximum Gasteiger partial charge on any atom is 0.230 e. The fraction of sp³-hybridized carbons (Fsp3) is 0.304. The van der Waals surface area contributed by atoms with Gasteiger partial charge in [-0.1, -0.05) is 58.8 Å². The van der Waals surface area contributed by atoms with E-state index < -0.39 is 0 Å². The summed E-state index contributed by atoms with van der Waals surface area (Å²) in [4.78, 5) is 10.9. The molecule has 5 rings (SSSR count). The van der Waals surface area contributed by atoms with E-state index in [2.05, 4.69) is 57.1 Å². The Kier molecular flexibility index (Phi) is 5.33. The molecule has 0 bridgehead atoms. The first-order valence-electron chi connectivity index (χ1n) is 10.4. The van der Waals surface area contributed by atoms with E-state index in [9.17, 15) is 5.11 Å². The van der Waals surface area contributed by atoms with Crippen molar-refractivity contribution in [2.75, 3.05) is 31.1 Å². The zero-order valence-corrected chi connectivity index (χ0v) is 19.1. The predicted octanol–water partition coefficient (Wildman–Crippen LogP) is 4.68. The largest absolute Gasteiger partial charge is 0.492 e. The van der Waals surface area contributed by atoms with Crippen molar-refractivity contribution in [2.24, 2.45) is 0 Å². The number of anilines is 1. The summed E-state index contributed by atoms with van der Waals surface area (Å²) in [6, 6.07) is 16.5. The molecule has 0 radical (unpaired) electrons. The van der Waals surface area contributed by atoms with Gasteiger partial charge in [0.1, 0.15) is 5.82 Å². The van der Waals surface area contributed by atoms with Crippen LogP contribution < -0.4 is 4.90 Å². The molecule has 1 fully saturated rings. The molecule has 0 aliphatic carbocycles. The van der Waals surface area contributed by atoms with Gasteiger partial charge >= 0.3 is 0 Å². The Morgan fingerprint density at radius 1 is 1.03 bits per heavy atom. The van der Waals surface area contributed by atoms with Gasteiger partial charge in [-0.05, 0) is 37.6 Å². The Balaban J connectivity index is 1.47. The molecule has 4 aromatic rings. The van der Waals surface area contributed by atoms with Crippen LogP contribution in [0.2, 0.25) is 5.02 Å². The van der Waals surface area contributed by atoms with E-state index in [0.717, 1.165) is 46.7 Å². The van der Waals surface area contributed by atoms with E-state index >= 15 is 0 Å². The number of hydrogen-bond donors (Lipinski definition) is 1. The third kappa shape index (κ3) is 3.89. The van der Waals surface area contributed by atoms with Crippen LogP contribution in [0.15, 0.2) is 48.5 Å². The van der Waals surface area contributed by atoms with Crippen LogP contribution in [0.4, 0.5) is 5.69 Å². The van der Waals surface area contributed by atoms with Gasteiger partial charge in [0.15, 0.2) is 0 Å². The smallest absolute Gasteiger partial charge is 0.230 e. The predicted molar refractivity (Wildman–Crippen MR) is 126 cm³/mol. The molecule has 1 N–H and O–H groups in total. The monoisotopic (exact) mass is 453 g/mol. The van der Waals surface area contributed by atoms with E-state index in [1.54, 1.807) is 4.52 Å². The molecule has 1 atom stereocenters. The number of aromatic hydroxyl groups is 1. The van der Waals surface area contributed by atoms with Crippen molar-refractivity contribution in [1.29, 1.82) is 0 Å². The van der Waals surface area contributed by atoms with E-state index in [1.165, 1.54) is 22.5 Å². The number of aromatic nitrogens is 3. The Hall–Kier alpha value is -2.61. The van der Waals surface area contributed by atoms with E-state index in [-0.39, 0.29) is 11.9 Å². The van der Waals surface area contributed by atoms with Crippen molar-refractivity contribution in [2.45, 2.75) is 19.9 Å². The molecule has 0 saturated carbocycles. The van der Waals surface area contributed by atoms with E-state index in [1.807, 2.05) is 25.1 Å². The SMILES string of the molecule is Cc1ccc([C@@H](c2sc3nc(C)nn3c2O)N2CCN(c3cccc(Cl)c3)CC2)cc1. The van der Waals surface area contributed by atoms with Crippen molar-refractivity contribution in [3.8, 4) is 5.88 Å². The maximum atomic E-state index is 11.0. The normalized spacial score (nSPS) is 16.2. The van der Waals surface area contributed by atoms with Gasteiger partial charge in [0.2, 0.25) is 10.8 Å². The highest BCUT2D eigenvalue weighted by molar-refractivity contribution is 7.17. The lowest BCUT2D eigenvalue weighted by Gasteiger charge is -2.40. The summed E-state index contributed by atoms with van der Waals surface area (Å²) in [7, 11) is 0. The minimum absolute atomic E-state index is 0.0454. The van der Waals surface area contributed by atoms with Gasteiger partial charge in [-0.3, -0.25) is 4.90 Å². The molecule has 1 aliphatic rings. The lowest BCUT2D eigenvalue weighted by atomic mass is 10.0. The van der Waals surface area contributed by atoms with Gasteiger partial charge in [-0.2, -0.15) is 4.52 Å². The maximum absolute atomic E-state index is 11.0. The van der Waals surface area contributed by atoms with Crippen LogP contribution >= 0.6 is 22.9 Å². The van der Waals surface area contributed by atoms with Crippen LogP contribution in [0.25, 0.3) is 4.96 Å². The van der Waals surface area contributed by atoms with Gasteiger partial charge in [0.05, 0.1) is 10.9 Å². The van der Waals surface area contributed by atoms with E-state index in [0.29, 0.717) is 5.82 Å². The molecular formula is C23H24ClN5OS. The molecule has 31 heavy (non-hydrogen) atoms. The van der Waals surface area contributed by atoms with Crippen molar-refractivity contribution < 1.29 is 5.11 Å². The average molecular weight is 454 g/mol. The van der Waals surface area contributed by atoms with Crippen LogP contribution in [-0.2, 0) is 0 Å². The molecule has 8 heteroatoms. The Morgan fingerprint density at radius 2 is 1.77 bits per heavy atom. The molecular weight excluding hydrogens is 430 g/mol. The molecule has 0 spiro atoms. The highest BCUT2D eigenvalue weighted by atomic mass is 35.5. The first-order valence-corrected chi connectivity index (χ1v) is 11.6. The average Bonchev–Trinajstić information content (AvgIpc) is 3.27. The molecule has 0 amide bonds. The van der Waals surface area contributed by atoms with Gasteiger partial charge in [0.25, 0.3) is 0 Å². The number of fused-ring (bicyclic) bond motifs is 1. The molecule has 2 aromatic carbocycles. The van der Waals surface area contributed by atoms with Crippen LogP contribution in [-0.4, -0.2) is 50.8 Å². The van der Waals surface area contributed by atoms with Gasteiger partial charge in [-0.15, -0.1) is 5.10 Å². The second-order valence-corrected chi connectivity index (χ2v) is 9.40. The molecule has 6 nitrogen and oxygen atoms in total. The second-order valence-electron chi connectivity index (χ2n) is 7.96. The number of aryl methyl sites for hydroxylation is 2. The fourth-order valence-corrected chi connectivity index (χ4v) is 5.56. The van der Waals surface area contributed by atoms with Crippen molar-refractivity contribution in [1.82, 2.24) is 19.5 Å². The van der Waals surface area contributed by atoms with Crippen LogP contribution in [0.5, 0.6) is 5.88 Å². The van der Waals surface area contributed by atoms with Gasteiger partial charge in [0, 0.05) is 36.9 Å². The Labute approximate surface area is 190 Å². The summed E-state index contributed by atoms with van der Waals surface area (Å²) < 4.78 is 1.55. The fourth-order valence-electron chi connectivity index (χ4n) is 4.21. The number of benzene rings is 2.